The van der Waals surface area contributed by atoms with E-state index in [1.54, 1.807) is 0 Å². The quantitative estimate of drug-likeness (QED) is 0.707. The largest absolute Gasteiger partial charge is 0.382 e. The summed E-state index contributed by atoms with van der Waals surface area (Å²) in [5.74, 6) is 5.45. The van der Waals surface area contributed by atoms with Crippen LogP contribution in [0.4, 0.5) is 5.82 Å². The number of hydrogen-bond acceptors (Lipinski definition) is 2. The van der Waals surface area contributed by atoms with Crippen molar-refractivity contribution >= 4 is 5.82 Å². The first kappa shape index (κ1) is 7.32. The van der Waals surface area contributed by atoms with Gasteiger partial charge in [0, 0.05) is 17.7 Å². The fraction of sp³-hybridized carbons (Fsp3) is 0.727. The second kappa shape index (κ2) is 2.15. The van der Waals surface area contributed by atoms with Crippen LogP contribution in [0.2, 0.25) is 0 Å². The number of nitrogens with one attached hydrogen (secondary N) is 1. The molecule has 0 spiro atoms. The maximum absolute atomic E-state index is 5.64. The van der Waals surface area contributed by atoms with Crippen molar-refractivity contribution in [2.75, 3.05) is 5.73 Å². The van der Waals surface area contributed by atoms with Crippen molar-refractivity contribution < 1.29 is 0 Å². The summed E-state index contributed by atoms with van der Waals surface area (Å²) in [6, 6.07) is 2.03. The average Bonchev–Trinajstić information content (AvgIpc) is 2.58. The van der Waals surface area contributed by atoms with Crippen LogP contribution in [0.1, 0.15) is 30.9 Å². The lowest BCUT2D eigenvalue weighted by Gasteiger charge is -2.05. The Kier molecular flexibility index (Phi) is 1.13. The van der Waals surface area contributed by atoms with Gasteiger partial charge in [0.25, 0.3) is 0 Å². The fourth-order valence-electron chi connectivity index (χ4n) is 4.26. The molecule has 4 rings (SSSR count). The number of nitrogen functional groups attached to an aromatic ring is 1. The lowest BCUT2D eigenvalue weighted by atomic mass is 10.0. The summed E-state index contributed by atoms with van der Waals surface area (Å²) >= 11 is 0. The van der Waals surface area contributed by atoms with Gasteiger partial charge in [0.2, 0.25) is 0 Å². The van der Waals surface area contributed by atoms with Gasteiger partial charge < -0.3 is 5.73 Å². The highest BCUT2D eigenvalue weighted by atomic mass is 15.2. The Hall–Kier alpha value is -0.990. The number of nitrogens with zero attached hydrogens (tertiary/aromatic N) is 1. The van der Waals surface area contributed by atoms with E-state index in [0.717, 1.165) is 29.6 Å². The summed E-state index contributed by atoms with van der Waals surface area (Å²) in [6.45, 7) is 0. The molecule has 4 atom stereocenters. The molecule has 3 nitrogen and oxygen atoms in total. The maximum Gasteiger partial charge on any atom is 0.145 e. The zero-order valence-electron chi connectivity index (χ0n) is 8.11. The van der Waals surface area contributed by atoms with Gasteiger partial charge >= 0.3 is 0 Å². The number of fused-ring (bicyclic) bond motifs is 5. The number of H-pyrrole nitrogens is 1. The summed E-state index contributed by atoms with van der Waals surface area (Å²) in [5, 5.41) is 7.12. The van der Waals surface area contributed by atoms with Crippen molar-refractivity contribution in [2.45, 2.75) is 25.2 Å². The summed E-state index contributed by atoms with van der Waals surface area (Å²) in [7, 11) is 0. The molecule has 2 bridgehead atoms. The maximum atomic E-state index is 5.64. The molecule has 0 aromatic carbocycles. The number of aromatic nitrogens is 2. The standard InChI is InChI=1S/C11H15N3/c12-8-4-7(13-14-8)11-9-5-1-2-6(3-5)10(9)11/h4-6,9-11H,1-3H2,(H3,12,13,14). The van der Waals surface area contributed by atoms with E-state index in [1.807, 2.05) is 6.07 Å². The van der Waals surface area contributed by atoms with Gasteiger partial charge in [-0.3, -0.25) is 5.10 Å². The Balaban J connectivity index is 1.66. The van der Waals surface area contributed by atoms with E-state index in [2.05, 4.69) is 10.2 Å². The van der Waals surface area contributed by atoms with Crippen molar-refractivity contribution in [2.24, 2.45) is 23.7 Å². The molecule has 1 aromatic heterocycles. The van der Waals surface area contributed by atoms with Crippen molar-refractivity contribution in [1.29, 1.82) is 0 Å². The Morgan fingerprint density at radius 1 is 1.29 bits per heavy atom. The molecule has 3 fully saturated rings. The molecule has 1 heterocycles. The van der Waals surface area contributed by atoms with Crippen molar-refractivity contribution in [3.8, 4) is 0 Å². The first-order chi connectivity index (χ1) is 6.84. The number of rotatable bonds is 1. The fourth-order valence-corrected chi connectivity index (χ4v) is 4.26. The van der Waals surface area contributed by atoms with Crippen LogP contribution in [0.5, 0.6) is 0 Å². The zero-order chi connectivity index (χ0) is 9.28. The van der Waals surface area contributed by atoms with E-state index in [9.17, 15) is 0 Å². The van der Waals surface area contributed by atoms with E-state index >= 15 is 0 Å². The summed E-state index contributed by atoms with van der Waals surface area (Å²) in [4.78, 5) is 0. The molecule has 3 N–H and O–H groups in total. The topological polar surface area (TPSA) is 54.7 Å². The van der Waals surface area contributed by atoms with Crippen molar-refractivity contribution in [3.63, 3.8) is 0 Å². The van der Waals surface area contributed by atoms with Crippen molar-refractivity contribution in [1.82, 2.24) is 10.2 Å². The van der Waals surface area contributed by atoms with Gasteiger partial charge in [-0.1, -0.05) is 0 Å². The lowest BCUT2D eigenvalue weighted by molar-refractivity contribution is 0.456. The minimum Gasteiger partial charge on any atom is -0.382 e. The van der Waals surface area contributed by atoms with Gasteiger partial charge in [-0.05, 0) is 42.9 Å². The minimum atomic E-state index is 0.650. The first-order valence-corrected chi connectivity index (χ1v) is 5.65. The molecule has 74 valence electrons. The van der Waals surface area contributed by atoms with Crippen LogP contribution < -0.4 is 5.73 Å². The molecule has 3 aliphatic rings. The summed E-state index contributed by atoms with van der Waals surface area (Å²) in [5.41, 5.74) is 6.94. The average molecular weight is 189 g/mol. The van der Waals surface area contributed by atoms with E-state index in [4.69, 9.17) is 5.73 Å². The molecule has 3 saturated carbocycles. The van der Waals surface area contributed by atoms with E-state index in [1.165, 1.54) is 25.0 Å². The number of anilines is 1. The molecule has 1 aromatic rings. The number of hydrogen-bond donors (Lipinski definition) is 2. The Bertz CT molecular complexity index is 368. The molecule has 4 unspecified atom stereocenters. The normalized spacial score (nSPS) is 48.1. The summed E-state index contributed by atoms with van der Waals surface area (Å²) in [6.07, 6.45) is 4.47. The smallest absolute Gasteiger partial charge is 0.145 e. The highest BCUT2D eigenvalue weighted by molar-refractivity contribution is 5.36. The van der Waals surface area contributed by atoms with Gasteiger partial charge in [-0.2, -0.15) is 5.10 Å². The van der Waals surface area contributed by atoms with Crippen LogP contribution in [0, 0.1) is 23.7 Å². The molecule has 3 aliphatic carbocycles. The first-order valence-electron chi connectivity index (χ1n) is 5.65. The van der Waals surface area contributed by atoms with Gasteiger partial charge in [0.15, 0.2) is 0 Å². The molecule has 0 aliphatic heterocycles. The molecule has 3 heteroatoms. The summed E-state index contributed by atoms with van der Waals surface area (Å²) < 4.78 is 0. The van der Waals surface area contributed by atoms with Crippen LogP contribution in [-0.2, 0) is 0 Å². The SMILES string of the molecule is Nc1cc(C2C3C4CCC(C4)C23)[nH]n1. The van der Waals surface area contributed by atoms with Gasteiger partial charge in [0.05, 0.1) is 0 Å². The predicted molar refractivity (Wildman–Crippen MR) is 53.6 cm³/mol. The number of aromatic amines is 1. The van der Waals surface area contributed by atoms with Crippen LogP contribution in [0.15, 0.2) is 6.07 Å². The molecular formula is C11H15N3. The second-order valence-corrected chi connectivity index (χ2v) is 5.26. The van der Waals surface area contributed by atoms with E-state index < -0.39 is 0 Å². The van der Waals surface area contributed by atoms with E-state index in [-0.39, 0.29) is 0 Å². The molecule has 14 heavy (non-hydrogen) atoms. The third-order valence-corrected chi connectivity index (χ3v) is 4.71. The van der Waals surface area contributed by atoms with Gasteiger partial charge in [-0.25, -0.2) is 0 Å². The highest BCUT2D eigenvalue weighted by Gasteiger charge is 2.65. The minimum absolute atomic E-state index is 0.650. The molecular weight excluding hydrogens is 174 g/mol. The molecule has 0 saturated heterocycles. The Morgan fingerprint density at radius 3 is 2.57 bits per heavy atom. The van der Waals surface area contributed by atoms with Crippen LogP contribution >= 0.6 is 0 Å². The Labute approximate surface area is 83.1 Å². The Morgan fingerprint density at radius 2 is 2.00 bits per heavy atom. The van der Waals surface area contributed by atoms with Crippen LogP contribution in [0.25, 0.3) is 0 Å². The third-order valence-electron chi connectivity index (χ3n) is 4.71. The number of nitrogens with two attached hydrogens (primary N) is 1. The molecule has 0 amide bonds. The third kappa shape index (κ3) is 0.725. The zero-order valence-corrected chi connectivity index (χ0v) is 8.11. The second-order valence-electron chi connectivity index (χ2n) is 5.26. The van der Waals surface area contributed by atoms with E-state index in [0.29, 0.717) is 5.82 Å². The van der Waals surface area contributed by atoms with Crippen LogP contribution in [0.3, 0.4) is 0 Å². The highest BCUT2D eigenvalue weighted by Crippen LogP contribution is 2.72. The van der Waals surface area contributed by atoms with Gasteiger partial charge in [-0.15, -0.1) is 0 Å². The molecule has 0 radical (unpaired) electrons. The van der Waals surface area contributed by atoms with Crippen molar-refractivity contribution in [3.05, 3.63) is 11.8 Å². The lowest BCUT2D eigenvalue weighted by Crippen LogP contribution is -1.97. The predicted octanol–water partition coefficient (Wildman–Crippen LogP) is 1.75. The van der Waals surface area contributed by atoms with Gasteiger partial charge in [0.1, 0.15) is 5.82 Å². The van der Waals surface area contributed by atoms with Crippen LogP contribution in [-0.4, -0.2) is 10.2 Å². The monoisotopic (exact) mass is 189 g/mol.